The Morgan fingerprint density at radius 1 is 1.29 bits per heavy atom. The Hall–Kier alpha value is -2.48. The summed E-state index contributed by atoms with van der Waals surface area (Å²) in [5.74, 6) is -0.0986. The topological polar surface area (TPSA) is 56.1 Å². The van der Waals surface area contributed by atoms with Gasteiger partial charge in [0.2, 0.25) is 0 Å². The highest BCUT2D eigenvalue weighted by Crippen LogP contribution is 2.44. The van der Waals surface area contributed by atoms with Crippen molar-refractivity contribution in [3.05, 3.63) is 62.6 Å². The van der Waals surface area contributed by atoms with E-state index in [-0.39, 0.29) is 11.1 Å². The van der Waals surface area contributed by atoms with Crippen LogP contribution in [0.15, 0.2) is 35.9 Å². The van der Waals surface area contributed by atoms with Gasteiger partial charge in [-0.25, -0.2) is 0 Å². The molecule has 0 aromatic heterocycles. The van der Waals surface area contributed by atoms with Crippen LogP contribution >= 0.6 is 23.2 Å². The standard InChI is InChI=1S/C25H27Cl2N3O/c1-6-30-23-9-15(2)17(11-20(23)16(3)13-25(30,4)5)10-18(14-28)24(31)29-19-7-8-21(26)22(27)12-19/h7-12,16H,6,13H2,1-5H3,(H,29,31)/b18-10-/t16-/m0/s1. The van der Waals surface area contributed by atoms with E-state index in [0.29, 0.717) is 21.7 Å². The van der Waals surface area contributed by atoms with Gasteiger partial charge in [-0.1, -0.05) is 30.1 Å². The fourth-order valence-corrected chi connectivity index (χ4v) is 4.78. The summed E-state index contributed by atoms with van der Waals surface area (Å²) in [6.45, 7) is 11.9. The molecule has 1 heterocycles. The lowest BCUT2D eigenvalue weighted by molar-refractivity contribution is -0.112. The highest BCUT2D eigenvalue weighted by molar-refractivity contribution is 6.42. The highest BCUT2D eigenvalue weighted by Gasteiger charge is 2.35. The second-order valence-electron chi connectivity index (χ2n) is 8.68. The van der Waals surface area contributed by atoms with Crippen LogP contribution in [0.3, 0.4) is 0 Å². The number of aryl methyl sites for hydroxylation is 1. The summed E-state index contributed by atoms with van der Waals surface area (Å²) in [6, 6.07) is 11.1. The molecule has 0 aliphatic carbocycles. The van der Waals surface area contributed by atoms with Crippen LogP contribution in [0.4, 0.5) is 11.4 Å². The second kappa shape index (κ2) is 8.94. The number of benzene rings is 2. The molecular formula is C25H27Cl2N3O. The molecule has 0 radical (unpaired) electrons. The normalized spacial score (nSPS) is 17.7. The van der Waals surface area contributed by atoms with Gasteiger partial charge in [-0.3, -0.25) is 4.79 Å². The number of carbonyl (C=O) groups is 1. The summed E-state index contributed by atoms with van der Waals surface area (Å²) in [6.07, 6.45) is 2.70. The van der Waals surface area contributed by atoms with Gasteiger partial charge in [0, 0.05) is 23.5 Å². The third kappa shape index (κ3) is 4.74. The van der Waals surface area contributed by atoms with Gasteiger partial charge in [0.05, 0.1) is 10.0 Å². The van der Waals surface area contributed by atoms with E-state index in [2.05, 4.69) is 50.0 Å². The van der Waals surface area contributed by atoms with Crippen LogP contribution < -0.4 is 10.2 Å². The van der Waals surface area contributed by atoms with Crippen LogP contribution in [-0.4, -0.2) is 18.0 Å². The van der Waals surface area contributed by atoms with E-state index in [1.165, 1.54) is 11.3 Å². The van der Waals surface area contributed by atoms with E-state index in [9.17, 15) is 10.1 Å². The summed E-state index contributed by atoms with van der Waals surface area (Å²) < 4.78 is 0. The molecule has 31 heavy (non-hydrogen) atoms. The number of amides is 1. The Kier molecular flexibility index (Phi) is 6.69. The molecule has 1 atom stereocenters. The van der Waals surface area contributed by atoms with Crippen molar-refractivity contribution >= 4 is 46.6 Å². The second-order valence-corrected chi connectivity index (χ2v) is 9.50. The molecule has 3 rings (SSSR count). The van der Waals surface area contributed by atoms with Crippen molar-refractivity contribution < 1.29 is 4.79 Å². The fraction of sp³-hybridized carbons (Fsp3) is 0.360. The highest BCUT2D eigenvalue weighted by atomic mass is 35.5. The lowest BCUT2D eigenvalue weighted by Gasteiger charge is -2.47. The van der Waals surface area contributed by atoms with E-state index in [4.69, 9.17) is 23.2 Å². The molecule has 0 unspecified atom stereocenters. The van der Waals surface area contributed by atoms with Crippen molar-refractivity contribution in [3.8, 4) is 6.07 Å². The average molecular weight is 456 g/mol. The SMILES string of the molecule is CCN1c2cc(C)c(/C=C(/C#N)C(=O)Nc3ccc(Cl)c(Cl)c3)cc2[C@@H](C)CC1(C)C. The minimum Gasteiger partial charge on any atom is -0.366 e. The Bertz CT molecular complexity index is 1100. The zero-order valence-corrected chi connectivity index (χ0v) is 20.0. The number of rotatable bonds is 4. The van der Waals surface area contributed by atoms with Gasteiger partial charge >= 0.3 is 0 Å². The number of hydrogen-bond acceptors (Lipinski definition) is 3. The van der Waals surface area contributed by atoms with E-state index in [1.807, 2.05) is 13.0 Å². The summed E-state index contributed by atoms with van der Waals surface area (Å²) in [5, 5.41) is 13.1. The van der Waals surface area contributed by atoms with Crippen molar-refractivity contribution in [3.63, 3.8) is 0 Å². The van der Waals surface area contributed by atoms with Crippen LogP contribution in [0.25, 0.3) is 6.08 Å². The minimum atomic E-state index is -0.484. The Balaban J connectivity index is 1.96. The van der Waals surface area contributed by atoms with E-state index in [0.717, 1.165) is 24.1 Å². The molecule has 6 heteroatoms. The summed E-state index contributed by atoms with van der Waals surface area (Å²) in [7, 11) is 0. The summed E-state index contributed by atoms with van der Waals surface area (Å²) in [4.78, 5) is 15.1. The number of anilines is 2. The van der Waals surface area contributed by atoms with Gasteiger partial charge < -0.3 is 10.2 Å². The molecule has 1 aliphatic rings. The quantitative estimate of drug-likeness (QED) is 0.400. The molecule has 1 N–H and O–H groups in total. The van der Waals surface area contributed by atoms with Crippen molar-refractivity contribution in [1.29, 1.82) is 5.26 Å². The van der Waals surface area contributed by atoms with Crippen LogP contribution in [0.1, 0.15) is 56.7 Å². The lowest BCUT2D eigenvalue weighted by Crippen LogP contribution is -2.48. The number of fused-ring (bicyclic) bond motifs is 1. The molecule has 1 aliphatic heterocycles. The summed E-state index contributed by atoms with van der Waals surface area (Å²) >= 11 is 11.9. The predicted octanol–water partition coefficient (Wildman–Crippen LogP) is 6.96. The average Bonchev–Trinajstić information content (AvgIpc) is 2.69. The lowest BCUT2D eigenvalue weighted by atomic mass is 9.79. The maximum atomic E-state index is 12.7. The van der Waals surface area contributed by atoms with E-state index >= 15 is 0 Å². The Morgan fingerprint density at radius 2 is 2.00 bits per heavy atom. The van der Waals surface area contributed by atoms with E-state index in [1.54, 1.807) is 24.3 Å². The first kappa shape index (κ1) is 23.2. The van der Waals surface area contributed by atoms with Gasteiger partial charge in [-0.15, -0.1) is 0 Å². The molecule has 4 nitrogen and oxygen atoms in total. The van der Waals surface area contributed by atoms with Crippen LogP contribution in [0, 0.1) is 18.3 Å². The zero-order chi connectivity index (χ0) is 22.9. The van der Waals surface area contributed by atoms with Crippen LogP contribution in [-0.2, 0) is 4.79 Å². The number of nitrogens with zero attached hydrogens (tertiary/aromatic N) is 2. The molecule has 2 aromatic rings. The first-order valence-electron chi connectivity index (χ1n) is 10.4. The van der Waals surface area contributed by atoms with Gasteiger partial charge in [-0.2, -0.15) is 5.26 Å². The molecule has 0 bridgehead atoms. The minimum absolute atomic E-state index is 0.0327. The Morgan fingerprint density at radius 3 is 2.61 bits per heavy atom. The molecule has 0 saturated carbocycles. The summed E-state index contributed by atoms with van der Waals surface area (Å²) in [5.41, 5.74) is 4.99. The van der Waals surface area contributed by atoms with Crippen LogP contribution in [0.5, 0.6) is 0 Å². The molecule has 0 saturated heterocycles. The fourth-order valence-electron chi connectivity index (χ4n) is 4.48. The first-order chi connectivity index (χ1) is 14.6. The Labute approximate surface area is 194 Å². The molecular weight excluding hydrogens is 429 g/mol. The number of carbonyl (C=O) groups excluding carboxylic acids is 1. The third-order valence-corrected chi connectivity index (χ3v) is 6.67. The van der Waals surface area contributed by atoms with Gasteiger partial charge in [0.25, 0.3) is 5.91 Å². The van der Waals surface area contributed by atoms with Crippen LogP contribution in [0.2, 0.25) is 10.0 Å². The van der Waals surface area contributed by atoms with Crippen molar-refractivity contribution in [2.24, 2.45) is 0 Å². The maximum Gasteiger partial charge on any atom is 0.266 e. The van der Waals surface area contributed by atoms with Gasteiger partial charge in [0.15, 0.2) is 0 Å². The number of nitrogens with one attached hydrogen (secondary N) is 1. The number of halogens is 2. The largest absolute Gasteiger partial charge is 0.366 e. The van der Waals surface area contributed by atoms with Crippen molar-refractivity contribution in [2.45, 2.75) is 52.5 Å². The molecule has 0 fully saturated rings. The third-order valence-electron chi connectivity index (χ3n) is 5.93. The molecule has 0 spiro atoms. The molecule has 1 amide bonds. The predicted molar refractivity (Wildman–Crippen MR) is 130 cm³/mol. The number of hydrogen-bond donors (Lipinski definition) is 1. The molecule has 2 aromatic carbocycles. The maximum absolute atomic E-state index is 12.7. The van der Waals surface area contributed by atoms with Crippen molar-refractivity contribution in [1.82, 2.24) is 0 Å². The molecule has 162 valence electrons. The first-order valence-corrected chi connectivity index (χ1v) is 11.1. The van der Waals surface area contributed by atoms with Crippen molar-refractivity contribution in [2.75, 3.05) is 16.8 Å². The van der Waals surface area contributed by atoms with E-state index < -0.39 is 5.91 Å². The monoisotopic (exact) mass is 455 g/mol. The smallest absolute Gasteiger partial charge is 0.266 e. The van der Waals surface area contributed by atoms with Gasteiger partial charge in [-0.05, 0) is 93.1 Å². The van der Waals surface area contributed by atoms with Gasteiger partial charge in [0.1, 0.15) is 11.6 Å². The number of nitriles is 1. The zero-order valence-electron chi connectivity index (χ0n) is 18.5.